The monoisotopic (exact) mass is 307 g/mol. The molecule has 0 amide bonds. The first-order valence-electron chi connectivity index (χ1n) is 6.20. The number of carboxylic acids is 1. The van der Waals surface area contributed by atoms with E-state index in [1.807, 2.05) is 0 Å². The second-order valence-corrected chi connectivity index (χ2v) is 4.89. The van der Waals surface area contributed by atoms with Gasteiger partial charge in [-0.2, -0.15) is 0 Å². The predicted molar refractivity (Wildman–Crippen MR) is 73.0 cm³/mol. The first-order chi connectivity index (χ1) is 10.2. The number of rotatable bonds is 3. The minimum Gasteiger partial charge on any atom is -0.507 e. The molecule has 1 aliphatic rings. The van der Waals surface area contributed by atoms with Crippen molar-refractivity contribution in [2.45, 2.75) is 19.6 Å². The zero-order chi connectivity index (χ0) is 16.5. The van der Waals surface area contributed by atoms with Crippen molar-refractivity contribution in [2.24, 2.45) is 0 Å². The molecule has 8 nitrogen and oxygen atoms in total. The zero-order valence-electron chi connectivity index (χ0n) is 11.7. The van der Waals surface area contributed by atoms with Gasteiger partial charge < -0.3 is 25.0 Å². The van der Waals surface area contributed by atoms with Gasteiger partial charge in [-0.15, -0.1) is 0 Å². The Labute approximate surface area is 125 Å². The van der Waals surface area contributed by atoms with Gasteiger partial charge in [-0.1, -0.05) is 6.07 Å². The summed E-state index contributed by atoms with van der Waals surface area (Å²) in [5.41, 5.74) is -0.804. The SMILES string of the molecule is CC1(C)OC(=O)C(=CNc2cccc(O)c2C(=O)O)C(=O)O1. The van der Waals surface area contributed by atoms with Crippen molar-refractivity contribution in [3.05, 3.63) is 35.5 Å². The summed E-state index contributed by atoms with van der Waals surface area (Å²) in [7, 11) is 0. The van der Waals surface area contributed by atoms with Crippen molar-refractivity contribution in [1.29, 1.82) is 0 Å². The van der Waals surface area contributed by atoms with Crippen LogP contribution in [-0.4, -0.2) is 33.9 Å². The number of nitrogens with one attached hydrogen (secondary N) is 1. The summed E-state index contributed by atoms with van der Waals surface area (Å²) in [6.45, 7) is 2.82. The van der Waals surface area contributed by atoms with Crippen LogP contribution in [0.2, 0.25) is 0 Å². The Morgan fingerprint density at radius 3 is 2.36 bits per heavy atom. The van der Waals surface area contributed by atoms with Gasteiger partial charge in [0.2, 0.25) is 0 Å². The number of benzene rings is 1. The second-order valence-electron chi connectivity index (χ2n) is 4.89. The van der Waals surface area contributed by atoms with Crippen LogP contribution in [0.3, 0.4) is 0 Å². The summed E-state index contributed by atoms with van der Waals surface area (Å²) in [6.07, 6.45) is 0.973. The van der Waals surface area contributed by atoms with Crippen molar-refractivity contribution in [1.82, 2.24) is 0 Å². The topological polar surface area (TPSA) is 122 Å². The number of hydrogen-bond acceptors (Lipinski definition) is 7. The fourth-order valence-electron chi connectivity index (χ4n) is 1.81. The summed E-state index contributed by atoms with van der Waals surface area (Å²) in [6, 6.07) is 3.97. The molecule has 1 saturated heterocycles. The van der Waals surface area contributed by atoms with Crippen molar-refractivity contribution in [3.8, 4) is 5.75 Å². The van der Waals surface area contributed by atoms with Crippen LogP contribution in [0, 0.1) is 0 Å². The van der Waals surface area contributed by atoms with Crippen LogP contribution in [-0.2, 0) is 19.1 Å². The Kier molecular flexibility index (Phi) is 3.77. The maximum absolute atomic E-state index is 11.7. The first-order valence-corrected chi connectivity index (χ1v) is 6.20. The lowest BCUT2D eigenvalue weighted by Crippen LogP contribution is -2.42. The summed E-state index contributed by atoms with van der Waals surface area (Å²) in [5, 5.41) is 21.1. The molecule has 2 rings (SSSR count). The molecule has 22 heavy (non-hydrogen) atoms. The number of carbonyl (C=O) groups excluding carboxylic acids is 2. The smallest absolute Gasteiger partial charge is 0.350 e. The van der Waals surface area contributed by atoms with Crippen molar-refractivity contribution >= 4 is 23.6 Å². The van der Waals surface area contributed by atoms with E-state index in [1.54, 1.807) is 0 Å². The Hall–Kier alpha value is -3.03. The molecule has 1 heterocycles. The summed E-state index contributed by atoms with van der Waals surface area (Å²) >= 11 is 0. The van der Waals surface area contributed by atoms with Crippen LogP contribution in [0.25, 0.3) is 0 Å². The van der Waals surface area contributed by atoms with Crippen molar-refractivity contribution in [2.75, 3.05) is 5.32 Å². The second kappa shape index (κ2) is 5.40. The molecule has 8 heteroatoms. The van der Waals surface area contributed by atoms with Crippen LogP contribution < -0.4 is 5.32 Å². The maximum Gasteiger partial charge on any atom is 0.350 e. The first kappa shape index (κ1) is 15.4. The quantitative estimate of drug-likeness (QED) is 0.433. The number of hydrogen-bond donors (Lipinski definition) is 3. The third-order valence-electron chi connectivity index (χ3n) is 2.75. The maximum atomic E-state index is 11.7. The third-order valence-corrected chi connectivity index (χ3v) is 2.75. The molecular formula is C14H13NO7. The minimum atomic E-state index is -1.37. The lowest BCUT2D eigenvalue weighted by atomic mass is 10.1. The highest BCUT2D eigenvalue weighted by atomic mass is 16.7. The van der Waals surface area contributed by atoms with Gasteiger partial charge in [-0.3, -0.25) is 0 Å². The number of esters is 2. The van der Waals surface area contributed by atoms with E-state index in [-0.39, 0.29) is 5.69 Å². The van der Waals surface area contributed by atoms with Gasteiger partial charge >= 0.3 is 17.9 Å². The molecule has 0 spiro atoms. The third kappa shape index (κ3) is 3.00. The van der Waals surface area contributed by atoms with Crippen LogP contribution in [0.5, 0.6) is 5.75 Å². The van der Waals surface area contributed by atoms with Crippen LogP contribution >= 0.6 is 0 Å². The van der Waals surface area contributed by atoms with E-state index >= 15 is 0 Å². The highest BCUT2D eigenvalue weighted by Gasteiger charge is 2.39. The van der Waals surface area contributed by atoms with Crippen LogP contribution in [0.15, 0.2) is 30.0 Å². The van der Waals surface area contributed by atoms with E-state index < -0.39 is 40.6 Å². The van der Waals surface area contributed by atoms with Crippen LogP contribution in [0.1, 0.15) is 24.2 Å². The Balaban J connectivity index is 2.30. The standard InChI is InChI=1S/C14H13NO7/c1-14(2)21-12(19)7(13(20)22-14)6-15-8-4-3-5-9(16)10(8)11(17)18/h3-6,15-16H,1-2H3,(H,17,18). The molecule has 1 aromatic rings. The largest absolute Gasteiger partial charge is 0.507 e. The average Bonchev–Trinajstić information content (AvgIpc) is 2.35. The number of aromatic hydroxyl groups is 1. The Morgan fingerprint density at radius 1 is 1.23 bits per heavy atom. The lowest BCUT2D eigenvalue weighted by Gasteiger charge is -2.29. The molecule has 1 fully saturated rings. The molecule has 0 saturated carbocycles. The number of carbonyl (C=O) groups is 3. The summed E-state index contributed by atoms with van der Waals surface area (Å²) in [4.78, 5) is 34.6. The molecule has 0 atom stereocenters. The highest BCUT2D eigenvalue weighted by molar-refractivity contribution is 6.15. The van der Waals surface area contributed by atoms with Gasteiger partial charge in [0, 0.05) is 20.0 Å². The molecule has 1 aromatic carbocycles. The van der Waals surface area contributed by atoms with E-state index in [0.29, 0.717) is 0 Å². The molecule has 1 aliphatic heterocycles. The van der Waals surface area contributed by atoms with Gasteiger partial charge in [0.25, 0.3) is 5.79 Å². The van der Waals surface area contributed by atoms with Crippen molar-refractivity contribution < 1.29 is 34.1 Å². The van der Waals surface area contributed by atoms with Gasteiger partial charge in [0.1, 0.15) is 11.3 Å². The summed E-state index contributed by atoms with van der Waals surface area (Å²) in [5.74, 6) is -4.97. The number of anilines is 1. The van der Waals surface area contributed by atoms with Crippen molar-refractivity contribution in [3.63, 3.8) is 0 Å². The molecule has 116 valence electrons. The number of ether oxygens (including phenoxy) is 2. The van der Waals surface area contributed by atoms with E-state index in [4.69, 9.17) is 14.6 Å². The van der Waals surface area contributed by atoms with E-state index in [2.05, 4.69) is 5.32 Å². The normalized spacial score (nSPS) is 16.5. The Morgan fingerprint density at radius 2 is 1.82 bits per heavy atom. The fourth-order valence-corrected chi connectivity index (χ4v) is 1.81. The predicted octanol–water partition coefficient (Wildman–Crippen LogP) is 1.22. The minimum absolute atomic E-state index is 0.00503. The number of cyclic esters (lactones) is 2. The van der Waals surface area contributed by atoms with Gasteiger partial charge in [0.15, 0.2) is 5.57 Å². The van der Waals surface area contributed by atoms with Crippen LogP contribution in [0.4, 0.5) is 5.69 Å². The number of carboxylic acid groups (broad SMARTS) is 1. The molecule has 0 bridgehead atoms. The molecule has 0 unspecified atom stereocenters. The Bertz CT molecular complexity index is 668. The fraction of sp³-hybridized carbons (Fsp3) is 0.214. The molecular weight excluding hydrogens is 294 g/mol. The average molecular weight is 307 g/mol. The van der Waals surface area contributed by atoms with Gasteiger partial charge in [-0.05, 0) is 12.1 Å². The summed E-state index contributed by atoms with van der Waals surface area (Å²) < 4.78 is 9.78. The highest BCUT2D eigenvalue weighted by Crippen LogP contribution is 2.27. The number of phenols is 1. The molecule has 0 aromatic heterocycles. The lowest BCUT2D eigenvalue weighted by molar-refractivity contribution is -0.222. The van der Waals surface area contributed by atoms with Gasteiger partial charge in [0.05, 0.1) is 5.69 Å². The van der Waals surface area contributed by atoms with E-state index in [0.717, 1.165) is 6.20 Å². The molecule has 3 N–H and O–H groups in total. The molecule has 0 radical (unpaired) electrons. The van der Waals surface area contributed by atoms with Gasteiger partial charge in [-0.25, -0.2) is 14.4 Å². The molecule has 0 aliphatic carbocycles. The number of aromatic carboxylic acids is 1. The van der Waals surface area contributed by atoms with E-state index in [1.165, 1.54) is 32.0 Å². The zero-order valence-corrected chi connectivity index (χ0v) is 11.7. The van der Waals surface area contributed by atoms with E-state index in [9.17, 15) is 19.5 Å².